The molecule has 2 N–H and O–H groups in total. The Hall–Kier alpha value is -3.36. The number of nitrogens with zero attached hydrogens (tertiary/aromatic N) is 3. The molecule has 0 spiro atoms. The molecule has 0 saturated carbocycles. The zero-order valence-corrected chi connectivity index (χ0v) is 24.7. The van der Waals surface area contributed by atoms with E-state index in [9.17, 15) is 9.59 Å². The third-order valence-electron chi connectivity index (χ3n) is 8.80. The molecule has 8 nitrogen and oxygen atoms in total. The Kier molecular flexibility index (Phi) is 8.19. The van der Waals surface area contributed by atoms with E-state index in [2.05, 4.69) is 75.2 Å². The summed E-state index contributed by atoms with van der Waals surface area (Å²) < 4.78 is 7.87. The Labute approximate surface area is 237 Å². The molecule has 2 aromatic heterocycles. The van der Waals surface area contributed by atoms with Crippen LogP contribution >= 0.6 is 0 Å². The van der Waals surface area contributed by atoms with Crippen molar-refractivity contribution in [2.75, 3.05) is 51.8 Å². The molecule has 0 aliphatic carbocycles. The highest BCUT2D eigenvalue weighted by Crippen LogP contribution is 2.34. The fourth-order valence-corrected chi connectivity index (χ4v) is 6.42. The lowest BCUT2D eigenvalue weighted by Gasteiger charge is -2.34. The average Bonchev–Trinajstić information content (AvgIpc) is 3.35. The highest BCUT2D eigenvalue weighted by molar-refractivity contribution is 5.99. The lowest BCUT2D eigenvalue weighted by atomic mass is 9.84. The Bertz CT molecular complexity index is 1370. The quantitative estimate of drug-likeness (QED) is 0.464. The monoisotopic (exact) mass is 545 g/mol. The van der Waals surface area contributed by atoms with Gasteiger partial charge in [0.25, 0.3) is 5.91 Å². The molecule has 2 aliphatic heterocycles. The number of pyridine rings is 1. The van der Waals surface area contributed by atoms with Gasteiger partial charge >= 0.3 is 0 Å². The topological polar surface area (TPSA) is 78.3 Å². The van der Waals surface area contributed by atoms with E-state index in [0.29, 0.717) is 25.3 Å². The van der Waals surface area contributed by atoms with Crippen molar-refractivity contribution in [3.63, 3.8) is 0 Å². The largest absolute Gasteiger partial charge is 0.379 e. The molecule has 2 aliphatic rings. The molecule has 4 atom stereocenters. The van der Waals surface area contributed by atoms with Gasteiger partial charge in [-0.05, 0) is 68.5 Å². The van der Waals surface area contributed by atoms with Gasteiger partial charge in [-0.15, -0.1) is 0 Å². The van der Waals surface area contributed by atoms with Gasteiger partial charge in [-0.25, -0.2) is 0 Å². The van der Waals surface area contributed by atoms with Crippen molar-refractivity contribution in [3.05, 3.63) is 59.4 Å². The predicted molar refractivity (Wildman–Crippen MR) is 160 cm³/mol. The van der Waals surface area contributed by atoms with Crippen LogP contribution in [0.2, 0.25) is 0 Å². The molecule has 2 amide bonds. The summed E-state index contributed by atoms with van der Waals surface area (Å²) in [6.07, 6.45) is 3.04. The first-order chi connectivity index (χ1) is 19.2. The van der Waals surface area contributed by atoms with Crippen molar-refractivity contribution < 1.29 is 14.3 Å². The number of amides is 2. The van der Waals surface area contributed by atoms with Crippen LogP contribution in [0.3, 0.4) is 0 Å². The Morgan fingerprint density at radius 1 is 1.15 bits per heavy atom. The van der Waals surface area contributed by atoms with Crippen molar-refractivity contribution in [2.45, 2.75) is 46.2 Å². The van der Waals surface area contributed by atoms with E-state index < -0.39 is 0 Å². The molecule has 3 aromatic rings. The lowest BCUT2D eigenvalue weighted by molar-refractivity contribution is -0.129. The molecule has 4 heterocycles. The first-order valence-corrected chi connectivity index (χ1v) is 14.5. The smallest absolute Gasteiger partial charge is 0.251 e. The Morgan fingerprint density at radius 3 is 2.50 bits per heavy atom. The van der Waals surface area contributed by atoms with Crippen molar-refractivity contribution in [2.24, 2.45) is 11.8 Å². The third-order valence-corrected chi connectivity index (χ3v) is 8.80. The number of morpholine rings is 1. The standard InChI is InChI=1S/C32H43N5O3/c1-20-17-21(2)34-32(39)28(20)19-33-31(38)27-18-29-26(24-7-9-25(10-8-24)35(5)6)11-12-37(29)30(22(27)3)23(4)36-13-15-40-16-14-36/h7-12,18,20-21,23,28H,13-17,19H2,1-6H3,(H,33,38)(H,34,39). The van der Waals surface area contributed by atoms with Gasteiger partial charge in [0.2, 0.25) is 5.91 Å². The summed E-state index contributed by atoms with van der Waals surface area (Å²) in [5, 5.41) is 6.16. The third kappa shape index (κ3) is 5.47. The highest BCUT2D eigenvalue weighted by atomic mass is 16.5. The van der Waals surface area contributed by atoms with Crippen molar-refractivity contribution in [3.8, 4) is 11.1 Å². The molecule has 8 heteroatoms. The van der Waals surface area contributed by atoms with E-state index in [1.54, 1.807) is 0 Å². The van der Waals surface area contributed by atoms with Gasteiger partial charge in [0.05, 0.1) is 24.6 Å². The minimum atomic E-state index is -0.227. The van der Waals surface area contributed by atoms with Crippen molar-refractivity contribution in [1.82, 2.24) is 19.9 Å². The SMILES string of the molecule is Cc1c(C(=O)NCC2C(=O)NC(C)CC2C)cc2c(-c3ccc(N(C)C)cc3)ccn2c1C(C)N1CCOCC1. The minimum absolute atomic E-state index is 0.0235. The number of carbonyl (C=O) groups is 2. The van der Waals surface area contributed by atoms with Gasteiger partial charge in [-0.3, -0.25) is 14.5 Å². The molecule has 4 unspecified atom stereocenters. The number of piperidine rings is 1. The Morgan fingerprint density at radius 2 is 1.85 bits per heavy atom. The summed E-state index contributed by atoms with van der Waals surface area (Å²) in [5.41, 5.74) is 7.06. The lowest BCUT2D eigenvalue weighted by Crippen LogP contribution is -2.50. The second-order valence-corrected chi connectivity index (χ2v) is 11.8. The Balaban J connectivity index is 1.53. The fourth-order valence-electron chi connectivity index (χ4n) is 6.42. The number of nitrogens with one attached hydrogen (secondary N) is 2. The first-order valence-electron chi connectivity index (χ1n) is 14.5. The molecule has 1 aromatic carbocycles. The molecular formula is C32H43N5O3. The van der Waals surface area contributed by atoms with E-state index in [-0.39, 0.29) is 35.7 Å². The second kappa shape index (κ2) is 11.6. The molecule has 0 bridgehead atoms. The van der Waals surface area contributed by atoms with Gasteiger partial charge in [0, 0.05) is 74.5 Å². The molecule has 2 fully saturated rings. The minimum Gasteiger partial charge on any atom is -0.379 e. The van der Waals surface area contributed by atoms with Gasteiger partial charge in [0.15, 0.2) is 0 Å². The van der Waals surface area contributed by atoms with Crippen LogP contribution < -0.4 is 15.5 Å². The molecule has 40 heavy (non-hydrogen) atoms. The fraction of sp³-hybridized carbons (Fsp3) is 0.500. The van der Waals surface area contributed by atoms with Crippen LogP contribution in [0.25, 0.3) is 16.6 Å². The van der Waals surface area contributed by atoms with Crippen molar-refractivity contribution in [1.29, 1.82) is 0 Å². The van der Waals surface area contributed by atoms with Gasteiger partial charge in [-0.2, -0.15) is 0 Å². The molecule has 5 rings (SSSR count). The maximum absolute atomic E-state index is 13.8. The number of rotatable bonds is 7. The van der Waals surface area contributed by atoms with E-state index >= 15 is 0 Å². The predicted octanol–water partition coefficient (Wildman–Crippen LogP) is 4.26. The zero-order chi connectivity index (χ0) is 28.6. The molecule has 0 radical (unpaired) electrons. The summed E-state index contributed by atoms with van der Waals surface area (Å²) in [6.45, 7) is 11.8. The van der Waals surface area contributed by atoms with Crippen molar-refractivity contribution >= 4 is 23.0 Å². The van der Waals surface area contributed by atoms with E-state index in [1.165, 1.54) is 0 Å². The molecule has 214 valence electrons. The van der Waals surface area contributed by atoms with Gasteiger partial charge < -0.3 is 24.7 Å². The van der Waals surface area contributed by atoms with Gasteiger partial charge in [0.1, 0.15) is 0 Å². The second-order valence-electron chi connectivity index (χ2n) is 11.8. The first kappa shape index (κ1) is 28.2. The van der Waals surface area contributed by atoms with E-state index in [0.717, 1.165) is 53.1 Å². The number of hydrogen-bond donors (Lipinski definition) is 2. The van der Waals surface area contributed by atoms with Crippen LogP contribution in [0, 0.1) is 18.8 Å². The van der Waals surface area contributed by atoms with Crippen LogP contribution in [-0.2, 0) is 9.53 Å². The number of benzene rings is 1. The van der Waals surface area contributed by atoms with E-state index in [1.807, 2.05) is 34.0 Å². The summed E-state index contributed by atoms with van der Waals surface area (Å²) in [6, 6.07) is 12.9. The van der Waals surface area contributed by atoms with Crippen LogP contribution in [-0.4, -0.2) is 74.1 Å². The maximum atomic E-state index is 13.8. The number of hydrogen-bond acceptors (Lipinski definition) is 5. The normalized spacial score (nSPS) is 22.6. The van der Waals surface area contributed by atoms with Crippen LogP contribution in [0.15, 0.2) is 42.6 Å². The average molecular weight is 546 g/mol. The summed E-state index contributed by atoms with van der Waals surface area (Å²) in [7, 11) is 4.07. The maximum Gasteiger partial charge on any atom is 0.251 e. The number of fused-ring (bicyclic) bond motifs is 1. The molecule has 2 saturated heterocycles. The number of carbonyl (C=O) groups excluding carboxylic acids is 2. The highest BCUT2D eigenvalue weighted by Gasteiger charge is 2.33. The molecular weight excluding hydrogens is 502 g/mol. The summed E-state index contributed by atoms with van der Waals surface area (Å²) in [5.74, 6) is -0.124. The van der Waals surface area contributed by atoms with Gasteiger partial charge in [-0.1, -0.05) is 19.1 Å². The van der Waals surface area contributed by atoms with Crippen LogP contribution in [0.4, 0.5) is 5.69 Å². The van der Waals surface area contributed by atoms with E-state index in [4.69, 9.17) is 4.74 Å². The van der Waals surface area contributed by atoms with Crippen LogP contribution in [0.5, 0.6) is 0 Å². The number of anilines is 1. The summed E-state index contributed by atoms with van der Waals surface area (Å²) in [4.78, 5) is 31.0. The number of ether oxygens (including phenoxy) is 1. The zero-order valence-electron chi connectivity index (χ0n) is 24.7. The van der Waals surface area contributed by atoms with Crippen LogP contribution in [0.1, 0.15) is 54.8 Å². The summed E-state index contributed by atoms with van der Waals surface area (Å²) >= 11 is 0. The number of aromatic nitrogens is 1.